The molecule has 4 nitrogen and oxygen atoms in total. The Morgan fingerprint density at radius 1 is 1.00 bits per heavy atom. The van der Waals surface area contributed by atoms with Gasteiger partial charge in [0.05, 0.1) is 5.69 Å². The van der Waals surface area contributed by atoms with Crippen molar-refractivity contribution >= 4 is 0 Å². The molecule has 0 unspecified atom stereocenters. The van der Waals surface area contributed by atoms with Gasteiger partial charge in [0.25, 0.3) is 0 Å². The van der Waals surface area contributed by atoms with Crippen molar-refractivity contribution in [2.75, 3.05) is 13.1 Å². The van der Waals surface area contributed by atoms with Gasteiger partial charge in [-0.25, -0.2) is 9.97 Å². The Balaban J connectivity index is 1.82. The summed E-state index contributed by atoms with van der Waals surface area (Å²) in [5.41, 5.74) is 5.81. The van der Waals surface area contributed by atoms with E-state index in [1.165, 1.54) is 16.8 Å². The predicted molar refractivity (Wildman–Crippen MR) is 100 cm³/mol. The maximum Gasteiger partial charge on any atom is 0.159 e. The normalized spacial score (nSPS) is 15.2. The van der Waals surface area contributed by atoms with E-state index in [0.717, 1.165) is 42.9 Å². The number of rotatable bonds is 3. The summed E-state index contributed by atoms with van der Waals surface area (Å²) in [6.07, 6.45) is 7.81. The van der Waals surface area contributed by atoms with E-state index >= 15 is 0 Å². The fraction of sp³-hybridized carbons (Fsp3) is 0.286. The molecule has 126 valence electrons. The van der Waals surface area contributed by atoms with Gasteiger partial charge in [0, 0.05) is 35.6 Å². The van der Waals surface area contributed by atoms with Crippen LogP contribution in [0.25, 0.3) is 22.5 Å². The smallest absolute Gasteiger partial charge is 0.159 e. The number of aromatic nitrogens is 3. The van der Waals surface area contributed by atoms with E-state index < -0.39 is 0 Å². The zero-order chi connectivity index (χ0) is 17.1. The third-order valence-electron chi connectivity index (χ3n) is 4.81. The second kappa shape index (κ2) is 7.11. The van der Waals surface area contributed by atoms with Crippen molar-refractivity contribution in [3.63, 3.8) is 0 Å². The highest BCUT2D eigenvalue weighted by atomic mass is 14.9. The Bertz CT molecular complexity index is 855. The summed E-state index contributed by atoms with van der Waals surface area (Å²) in [6.45, 7) is 4.22. The van der Waals surface area contributed by atoms with Crippen LogP contribution in [0.1, 0.15) is 30.0 Å². The second-order valence-electron chi connectivity index (χ2n) is 6.62. The van der Waals surface area contributed by atoms with Crippen LogP contribution in [0.5, 0.6) is 0 Å². The molecule has 2 aromatic heterocycles. The van der Waals surface area contributed by atoms with Crippen LogP contribution in [-0.2, 0) is 0 Å². The molecule has 0 radical (unpaired) electrons. The minimum Gasteiger partial charge on any atom is -0.317 e. The number of nitrogens with one attached hydrogen (secondary N) is 1. The van der Waals surface area contributed by atoms with Crippen LogP contribution in [0.3, 0.4) is 0 Å². The molecule has 0 amide bonds. The Labute approximate surface area is 148 Å². The lowest BCUT2D eigenvalue weighted by molar-refractivity contribution is 0.454. The second-order valence-corrected chi connectivity index (χ2v) is 6.62. The number of hydrogen-bond donors (Lipinski definition) is 1. The fourth-order valence-corrected chi connectivity index (χ4v) is 3.48. The summed E-state index contributed by atoms with van der Waals surface area (Å²) in [5, 5.41) is 3.45. The van der Waals surface area contributed by atoms with Gasteiger partial charge in [-0.3, -0.25) is 4.98 Å². The molecule has 1 aliphatic heterocycles. The zero-order valence-corrected chi connectivity index (χ0v) is 14.4. The summed E-state index contributed by atoms with van der Waals surface area (Å²) in [4.78, 5) is 13.8. The van der Waals surface area contributed by atoms with E-state index in [9.17, 15) is 0 Å². The van der Waals surface area contributed by atoms with Gasteiger partial charge in [-0.2, -0.15) is 0 Å². The monoisotopic (exact) mass is 330 g/mol. The quantitative estimate of drug-likeness (QED) is 0.789. The van der Waals surface area contributed by atoms with E-state index in [1.807, 2.05) is 18.3 Å². The van der Waals surface area contributed by atoms with E-state index in [4.69, 9.17) is 4.98 Å². The molecule has 1 saturated heterocycles. The Morgan fingerprint density at radius 2 is 1.80 bits per heavy atom. The van der Waals surface area contributed by atoms with Crippen molar-refractivity contribution in [2.45, 2.75) is 25.7 Å². The molecule has 1 aliphatic rings. The topological polar surface area (TPSA) is 50.7 Å². The lowest BCUT2D eigenvalue weighted by atomic mass is 9.89. The maximum atomic E-state index is 5.01. The molecule has 0 aliphatic carbocycles. The Kier molecular flexibility index (Phi) is 4.53. The van der Waals surface area contributed by atoms with Crippen LogP contribution < -0.4 is 5.32 Å². The average Bonchev–Trinajstić information content (AvgIpc) is 2.69. The highest BCUT2D eigenvalue weighted by Gasteiger charge is 2.22. The molecular weight excluding hydrogens is 308 g/mol. The van der Waals surface area contributed by atoms with Crippen LogP contribution in [0, 0.1) is 6.92 Å². The molecule has 3 aromatic rings. The largest absolute Gasteiger partial charge is 0.317 e. The molecule has 0 saturated carbocycles. The minimum absolute atomic E-state index is 0.473. The van der Waals surface area contributed by atoms with Gasteiger partial charge in [0.15, 0.2) is 5.82 Å². The summed E-state index contributed by atoms with van der Waals surface area (Å²) in [6, 6.07) is 12.5. The van der Waals surface area contributed by atoms with Crippen LogP contribution in [0.2, 0.25) is 0 Å². The van der Waals surface area contributed by atoms with Gasteiger partial charge in [-0.05, 0) is 50.6 Å². The van der Waals surface area contributed by atoms with Crippen LogP contribution in [0.15, 0.2) is 55.0 Å². The molecule has 25 heavy (non-hydrogen) atoms. The SMILES string of the molecule is Cc1cccc(-c2cnc(-c3ccncc3)nc2C2CCNCC2)c1. The fourth-order valence-electron chi connectivity index (χ4n) is 3.48. The third-order valence-corrected chi connectivity index (χ3v) is 4.81. The lowest BCUT2D eigenvalue weighted by Gasteiger charge is -2.24. The Hall–Kier alpha value is -2.59. The Morgan fingerprint density at radius 3 is 2.56 bits per heavy atom. The number of piperidine rings is 1. The van der Waals surface area contributed by atoms with Crippen molar-refractivity contribution in [2.24, 2.45) is 0 Å². The third kappa shape index (κ3) is 3.44. The first-order valence-electron chi connectivity index (χ1n) is 8.86. The molecule has 3 heterocycles. The summed E-state index contributed by atoms with van der Waals surface area (Å²) in [7, 11) is 0. The number of hydrogen-bond acceptors (Lipinski definition) is 4. The van der Waals surface area contributed by atoms with Gasteiger partial charge in [0.2, 0.25) is 0 Å². The first-order valence-corrected chi connectivity index (χ1v) is 8.86. The van der Waals surface area contributed by atoms with E-state index in [0.29, 0.717) is 5.92 Å². The first-order chi connectivity index (χ1) is 12.3. The predicted octanol–water partition coefficient (Wildman–Crippen LogP) is 3.98. The van der Waals surface area contributed by atoms with Crippen molar-refractivity contribution in [1.29, 1.82) is 0 Å². The van der Waals surface area contributed by atoms with Crippen LogP contribution >= 0.6 is 0 Å². The summed E-state index contributed by atoms with van der Waals surface area (Å²) < 4.78 is 0. The van der Waals surface area contributed by atoms with Gasteiger partial charge >= 0.3 is 0 Å². The first kappa shape index (κ1) is 15.9. The van der Waals surface area contributed by atoms with Gasteiger partial charge in [-0.15, -0.1) is 0 Å². The molecule has 0 bridgehead atoms. The van der Waals surface area contributed by atoms with Crippen molar-refractivity contribution in [3.8, 4) is 22.5 Å². The molecule has 0 atom stereocenters. The standard InChI is InChI=1S/C21H22N4/c1-15-3-2-4-18(13-15)19-14-24-21(17-7-11-23-12-8-17)25-20(19)16-5-9-22-10-6-16/h2-4,7-8,11-14,16,22H,5-6,9-10H2,1H3. The number of aryl methyl sites for hydroxylation is 1. The van der Waals surface area contributed by atoms with E-state index in [-0.39, 0.29) is 0 Å². The highest BCUT2D eigenvalue weighted by molar-refractivity contribution is 5.68. The lowest BCUT2D eigenvalue weighted by Crippen LogP contribution is -2.27. The molecule has 0 spiro atoms. The number of nitrogens with zero attached hydrogens (tertiary/aromatic N) is 3. The van der Waals surface area contributed by atoms with Crippen molar-refractivity contribution < 1.29 is 0 Å². The highest BCUT2D eigenvalue weighted by Crippen LogP contribution is 2.33. The molecule has 1 aromatic carbocycles. The van der Waals surface area contributed by atoms with E-state index in [1.54, 1.807) is 12.4 Å². The van der Waals surface area contributed by atoms with Crippen molar-refractivity contribution in [1.82, 2.24) is 20.3 Å². The molecule has 1 N–H and O–H groups in total. The van der Waals surface area contributed by atoms with Crippen LogP contribution in [0.4, 0.5) is 0 Å². The minimum atomic E-state index is 0.473. The number of pyridine rings is 1. The average molecular weight is 330 g/mol. The van der Waals surface area contributed by atoms with E-state index in [2.05, 4.69) is 46.5 Å². The molecular formula is C21H22N4. The van der Waals surface area contributed by atoms with Gasteiger partial charge in [0.1, 0.15) is 0 Å². The maximum absolute atomic E-state index is 5.01. The van der Waals surface area contributed by atoms with Crippen LogP contribution in [-0.4, -0.2) is 28.0 Å². The number of benzene rings is 1. The summed E-state index contributed by atoms with van der Waals surface area (Å²) in [5.74, 6) is 1.26. The summed E-state index contributed by atoms with van der Waals surface area (Å²) >= 11 is 0. The van der Waals surface area contributed by atoms with Gasteiger partial charge < -0.3 is 5.32 Å². The zero-order valence-electron chi connectivity index (χ0n) is 14.4. The van der Waals surface area contributed by atoms with Crippen molar-refractivity contribution in [3.05, 3.63) is 66.2 Å². The molecule has 1 fully saturated rings. The van der Waals surface area contributed by atoms with Gasteiger partial charge in [-0.1, -0.05) is 29.8 Å². The molecule has 4 heteroatoms. The molecule has 4 rings (SSSR count).